The standard InChI is InChI=1S/C15H26N2O/c1-11(8-9-16)10-17(4)14-6-7-15(18-5)13(3)12(14)2/h6-7,11H,8-10,16H2,1-5H3. The normalized spacial score (nSPS) is 12.3. The number of ether oxygens (including phenoxy) is 1. The van der Waals surface area contributed by atoms with Crippen molar-refractivity contribution in [3.8, 4) is 5.75 Å². The highest BCUT2D eigenvalue weighted by atomic mass is 16.5. The summed E-state index contributed by atoms with van der Waals surface area (Å²) in [5, 5.41) is 0. The highest BCUT2D eigenvalue weighted by Gasteiger charge is 2.12. The summed E-state index contributed by atoms with van der Waals surface area (Å²) in [5.41, 5.74) is 9.38. The molecule has 1 aromatic rings. The molecular formula is C15H26N2O. The molecule has 0 spiro atoms. The third-order valence-corrected chi connectivity index (χ3v) is 3.59. The smallest absolute Gasteiger partial charge is 0.122 e. The largest absolute Gasteiger partial charge is 0.496 e. The van der Waals surface area contributed by atoms with Gasteiger partial charge in [-0.2, -0.15) is 0 Å². The lowest BCUT2D eigenvalue weighted by Crippen LogP contribution is -2.26. The van der Waals surface area contributed by atoms with E-state index in [0.717, 1.165) is 25.3 Å². The summed E-state index contributed by atoms with van der Waals surface area (Å²) >= 11 is 0. The summed E-state index contributed by atoms with van der Waals surface area (Å²) in [5.74, 6) is 1.57. The molecule has 0 aromatic heterocycles. The van der Waals surface area contributed by atoms with Gasteiger partial charge in [0.1, 0.15) is 5.75 Å². The lowest BCUT2D eigenvalue weighted by Gasteiger charge is -2.26. The van der Waals surface area contributed by atoms with Crippen molar-refractivity contribution < 1.29 is 4.74 Å². The molecule has 0 aliphatic carbocycles. The van der Waals surface area contributed by atoms with Gasteiger partial charge in [0.05, 0.1) is 7.11 Å². The van der Waals surface area contributed by atoms with E-state index < -0.39 is 0 Å². The van der Waals surface area contributed by atoms with Gasteiger partial charge in [-0.1, -0.05) is 6.92 Å². The molecule has 18 heavy (non-hydrogen) atoms. The number of hydrogen-bond donors (Lipinski definition) is 1. The second-order valence-corrected chi connectivity index (χ2v) is 5.10. The average Bonchev–Trinajstić information content (AvgIpc) is 2.32. The maximum Gasteiger partial charge on any atom is 0.122 e. The minimum absolute atomic E-state index is 0.613. The van der Waals surface area contributed by atoms with E-state index in [9.17, 15) is 0 Å². The zero-order chi connectivity index (χ0) is 13.7. The fraction of sp³-hybridized carbons (Fsp3) is 0.600. The van der Waals surface area contributed by atoms with Gasteiger partial charge in [-0.15, -0.1) is 0 Å². The second kappa shape index (κ2) is 6.64. The van der Waals surface area contributed by atoms with Crippen LogP contribution in [0.4, 0.5) is 5.69 Å². The van der Waals surface area contributed by atoms with Crippen LogP contribution in [0.3, 0.4) is 0 Å². The molecule has 1 aromatic carbocycles. The van der Waals surface area contributed by atoms with Crippen LogP contribution in [0.15, 0.2) is 12.1 Å². The Labute approximate surface area is 111 Å². The molecule has 3 heteroatoms. The van der Waals surface area contributed by atoms with E-state index in [2.05, 4.69) is 38.8 Å². The summed E-state index contributed by atoms with van der Waals surface area (Å²) in [6, 6.07) is 4.18. The van der Waals surface area contributed by atoms with Crippen LogP contribution < -0.4 is 15.4 Å². The van der Waals surface area contributed by atoms with Gasteiger partial charge in [-0.05, 0) is 56.0 Å². The molecule has 2 N–H and O–H groups in total. The minimum Gasteiger partial charge on any atom is -0.496 e. The van der Waals surface area contributed by atoms with Crippen molar-refractivity contribution in [1.82, 2.24) is 0 Å². The van der Waals surface area contributed by atoms with Crippen molar-refractivity contribution in [3.05, 3.63) is 23.3 Å². The SMILES string of the molecule is COc1ccc(N(C)CC(C)CCN)c(C)c1C. The second-order valence-electron chi connectivity index (χ2n) is 5.10. The number of nitrogens with zero attached hydrogens (tertiary/aromatic N) is 1. The van der Waals surface area contributed by atoms with Gasteiger partial charge in [0.25, 0.3) is 0 Å². The highest BCUT2D eigenvalue weighted by molar-refractivity contribution is 5.59. The molecule has 0 aliphatic heterocycles. The maximum absolute atomic E-state index is 5.60. The van der Waals surface area contributed by atoms with Gasteiger partial charge in [0.15, 0.2) is 0 Å². The molecule has 1 rings (SSSR count). The monoisotopic (exact) mass is 250 g/mol. The summed E-state index contributed by atoms with van der Waals surface area (Å²) in [6.07, 6.45) is 1.07. The van der Waals surface area contributed by atoms with Gasteiger partial charge >= 0.3 is 0 Å². The van der Waals surface area contributed by atoms with E-state index in [1.54, 1.807) is 7.11 Å². The van der Waals surface area contributed by atoms with E-state index in [1.807, 2.05) is 6.07 Å². The van der Waals surface area contributed by atoms with Crippen LogP contribution in [-0.4, -0.2) is 27.2 Å². The number of nitrogens with two attached hydrogens (primary N) is 1. The Morgan fingerprint density at radius 2 is 1.94 bits per heavy atom. The van der Waals surface area contributed by atoms with Gasteiger partial charge in [-0.25, -0.2) is 0 Å². The molecule has 0 heterocycles. The Kier molecular flexibility index (Phi) is 5.48. The Balaban J connectivity index is 2.86. The number of benzene rings is 1. The Morgan fingerprint density at radius 1 is 1.28 bits per heavy atom. The van der Waals surface area contributed by atoms with Crippen LogP contribution in [-0.2, 0) is 0 Å². The van der Waals surface area contributed by atoms with E-state index in [-0.39, 0.29) is 0 Å². The molecule has 0 fully saturated rings. The van der Waals surface area contributed by atoms with E-state index in [1.165, 1.54) is 16.8 Å². The number of anilines is 1. The van der Waals surface area contributed by atoms with E-state index in [0.29, 0.717) is 5.92 Å². The predicted octanol–water partition coefficient (Wildman–Crippen LogP) is 2.73. The lowest BCUT2D eigenvalue weighted by molar-refractivity contribution is 0.411. The fourth-order valence-corrected chi connectivity index (χ4v) is 2.36. The van der Waals surface area contributed by atoms with Crippen molar-refractivity contribution in [3.63, 3.8) is 0 Å². The summed E-state index contributed by atoms with van der Waals surface area (Å²) in [7, 11) is 3.86. The third kappa shape index (κ3) is 3.39. The highest BCUT2D eigenvalue weighted by Crippen LogP contribution is 2.29. The van der Waals surface area contributed by atoms with Gasteiger partial charge in [-0.3, -0.25) is 0 Å². The first-order valence-electron chi connectivity index (χ1n) is 6.56. The molecule has 1 atom stereocenters. The summed E-state index contributed by atoms with van der Waals surface area (Å²) in [4.78, 5) is 2.31. The summed E-state index contributed by atoms with van der Waals surface area (Å²) < 4.78 is 5.35. The average molecular weight is 250 g/mol. The molecular weight excluding hydrogens is 224 g/mol. The molecule has 0 amide bonds. The molecule has 3 nitrogen and oxygen atoms in total. The molecule has 1 unspecified atom stereocenters. The van der Waals surface area contributed by atoms with Crippen molar-refractivity contribution >= 4 is 5.69 Å². The zero-order valence-electron chi connectivity index (χ0n) is 12.3. The molecule has 0 saturated carbocycles. The van der Waals surface area contributed by atoms with E-state index >= 15 is 0 Å². The number of methoxy groups -OCH3 is 1. The minimum atomic E-state index is 0.613. The topological polar surface area (TPSA) is 38.5 Å². The molecule has 102 valence electrons. The van der Waals surface area contributed by atoms with Crippen molar-refractivity contribution in [2.24, 2.45) is 11.7 Å². The molecule has 0 saturated heterocycles. The van der Waals surface area contributed by atoms with Crippen LogP contribution >= 0.6 is 0 Å². The van der Waals surface area contributed by atoms with Crippen LogP contribution in [0.5, 0.6) is 5.75 Å². The fourth-order valence-electron chi connectivity index (χ4n) is 2.36. The van der Waals surface area contributed by atoms with Crippen LogP contribution in [0.2, 0.25) is 0 Å². The molecule has 0 aliphatic rings. The first kappa shape index (κ1) is 14.8. The van der Waals surface area contributed by atoms with Gasteiger partial charge in [0, 0.05) is 19.3 Å². The first-order chi connectivity index (χ1) is 8.51. The Hall–Kier alpha value is -1.22. The lowest BCUT2D eigenvalue weighted by atomic mass is 10.0. The quantitative estimate of drug-likeness (QED) is 0.843. The van der Waals surface area contributed by atoms with Crippen molar-refractivity contribution in [2.75, 3.05) is 32.1 Å². The van der Waals surface area contributed by atoms with Gasteiger partial charge < -0.3 is 15.4 Å². The number of hydrogen-bond acceptors (Lipinski definition) is 3. The number of rotatable bonds is 6. The van der Waals surface area contributed by atoms with E-state index in [4.69, 9.17) is 10.5 Å². The third-order valence-electron chi connectivity index (χ3n) is 3.59. The van der Waals surface area contributed by atoms with Crippen molar-refractivity contribution in [2.45, 2.75) is 27.2 Å². The molecule has 0 radical (unpaired) electrons. The van der Waals surface area contributed by atoms with Crippen LogP contribution in [0, 0.1) is 19.8 Å². The van der Waals surface area contributed by atoms with Crippen molar-refractivity contribution in [1.29, 1.82) is 0 Å². The zero-order valence-corrected chi connectivity index (χ0v) is 12.3. The first-order valence-corrected chi connectivity index (χ1v) is 6.56. The maximum atomic E-state index is 5.60. The molecule has 0 bridgehead atoms. The predicted molar refractivity (Wildman–Crippen MR) is 78.6 cm³/mol. The Bertz CT molecular complexity index is 390. The summed E-state index contributed by atoms with van der Waals surface area (Å²) in [6.45, 7) is 8.29. The Morgan fingerprint density at radius 3 is 2.50 bits per heavy atom. The van der Waals surface area contributed by atoms with Crippen LogP contribution in [0.1, 0.15) is 24.5 Å². The van der Waals surface area contributed by atoms with Gasteiger partial charge in [0.2, 0.25) is 0 Å². The van der Waals surface area contributed by atoms with Crippen LogP contribution in [0.25, 0.3) is 0 Å².